The van der Waals surface area contributed by atoms with E-state index >= 15 is 0 Å². The summed E-state index contributed by atoms with van der Waals surface area (Å²) in [6.45, 7) is 0. The van der Waals surface area contributed by atoms with Crippen LogP contribution in [0.25, 0.3) is 0 Å². The van der Waals surface area contributed by atoms with Crippen molar-refractivity contribution in [1.82, 2.24) is 0 Å². The molecule has 0 aliphatic heterocycles. The first-order valence-electron chi connectivity index (χ1n) is 3.96. The van der Waals surface area contributed by atoms with Crippen molar-refractivity contribution in [2.75, 3.05) is 16.4 Å². The number of benzene rings is 1. The molecule has 1 aromatic rings. The molecule has 0 unspecified atom stereocenters. The molecule has 0 amide bonds. The van der Waals surface area contributed by atoms with Gasteiger partial charge in [0.2, 0.25) is 10.0 Å². The van der Waals surface area contributed by atoms with E-state index in [0.717, 1.165) is 6.07 Å². The van der Waals surface area contributed by atoms with Crippen LogP contribution in [0.2, 0.25) is 0 Å². The van der Waals surface area contributed by atoms with Crippen molar-refractivity contribution in [3.05, 3.63) is 28.5 Å². The van der Waals surface area contributed by atoms with Crippen LogP contribution in [0.5, 0.6) is 0 Å². The summed E-state index contributed by atoms with van der Waals surface area (Å²) in [5.74, 6) is -0.735. The highest BCUT2D eigenvalue weighted by atomic mass is 79.9. The molecule has 0 fully saturated rings. The number of alkyl halides is 1. The second-order valence-corrected chi connectivity index (χ2v) is 5.81. The highest BCUT2D eigenvalue weighted by Gasteiger charge is 2.10. The predicted octanol–water partition coefficient (Wildman–Crippen LogP) is 2.57. The topological polar surface area (TPSA) is 46.2 Å². The van der Waals surface area contributed by atoms with E-state index in [2.05, 4.69) is 20.7 Å². The first-order valence-corrected chi connectivity index (χ1v) is 6.94. The van der Waals surface area contributed by atoms with E-state index in [-0.39, 0.29) is 21.8 Å². The zero-order valence-electron chi connectivity index (χ0n) is 7.50. The maximum absolute atomic E-state index is 13.0. The average Bonchev–Trinajstić information content (AvgIpc) is 2.10. The Labute approximate surface area is 101 Å². The molecule has 0 bridgehead atoms. The Bertz CT molecular complexity index is 452. The van der Waals surface area contributed by atoms with E-state index in [1.54, 1.807) is 0 Å². The van der Waals surface area contributed by atoms with Crippen LogP contribution in [0.15, 0.2) is 22.7 Å². The minimum absolute atomic E-state index is 0.00561. The fraction of sp³-hybridized carbons (Fsp3) is 0.250. The van der Waals surface area contributed by atoms with Gasteiger partial charge in [0.15, 0.2) is 0 Å². The van der Waals surface area contributed by atoms with Gasteiger partial charge in [0.1, 0.15) is 5.82 Å². The van der Waals surface area contributed by atoms with Crippen LogP contribution in [-0.2, 0) is 10.0 Å². The van der Waals surface area contributed by atoms with Gasteiger partial charge in [-0.2, -0.15) is 0 Å². The van der Waals surface area contributed by atoms with E-state index in [0.29, 0.717) is 0 Å². The molecule has 0 heterocycles. The van der Waals surface area contributed by atoms with E-state index in [4.69, 9.17) is 11.6 Å². The van der Waals surface area contributed by atoms with Crippen molar-refractivity contribution >= 4 is 43.2 Å². The van der Waals surface area contributed by atoms with E-state index in [9.17, 15) is 12.8 Å². The maximum atomic E-state index is 13.0. The lowest BCUT2D eigenvalue weighted by molar-refractivity contribution is 0.602. The molecule has 0 aliphatic carbocycles. The summed E-state index contributed by atoms with van der Waals surface area (Å²) in [5.41, 5.74) is 0.181. The van der Waals surface area contributed by atoms with Gasteiger partial charge in [-0.25, -0.2) is 12.8 Å². The van der Waals surface area contributed by atoms with Gasteiger partial charge in [-0.3, -0.25) is 4.72 Å². The summed E-state index contributed by atoms with van der Waals surface area (Å²) in [6, 6.07) is 3.97. The highest BCUT2D eigenvalue weighted by Crippen LogP contribution is 2.20. The maximum Gasteiger partial charge on any atom is 0.233 e. The van der Waals surface area contributed by atoms with E-state index in [1.807, 2.05) is 0 Å². The SMILES string of the molecule is O=S(=O)(CCCl)Nc1ccc(Br)c(F)c1. The highest BCUT2D eigenvalue weighted by molar-refractivity contribution is 9.10. The van der Waals surface area contributed by atoms with Crippen LogP contribution in [0.3, 0.4) is 0 Å². The molecule has 1 aromatic carbocycles. The van der Waals surface area contributed by atoms with Crippen LogP contribution in [0, 0.1) is 5.82 Å². The van der Waals surface area contributed by atoms with Gasteiger partial charge in [-0.15, -0.1) is 11.6 Å². The molecular weight excluding hydrogens is 309 g/mol. The molecule has 3 nitrogen and oxygen atoms in total. The predicted molar refractivity (Wildman–Crippen MR) is 62.2 cm³/mol. The quantitative estimate of drug-likeness (QED) is 0.868. The molecule has 1 N–H and O–H groups in total. The van der Waals surface area contributed by atoms with Gasteiger partial charge in [-0.1, -0.05) is 0 Å². The normalized spacial score (nSPS) is 11.4. The van der Waals surface area contributed by atoms with Gasteiger partial charge in [-0.05, 0) is 34.1 Å². The Balaban J connectivity index is 2.86. The lowest BCUT2D eigenvalue weighted by Crippen LogP contribution is -2.17. The minimum atomic E-state index is -3.48. The van der Waals surface area contributed by atoms with E-state index < -0.39 is 15.8 Å². The molecule has 0 saturated heterocycles. The Morgan fingerprint density at radius 1 is 1.47 bits per heavy atom. The van der Waals surface area contributed by atoms with Gasteiger partial charge in [0.25, 0.3) is 0 Å². The van der Waals surface area contributed by atoms with Gasteiger partial charge in [0, 0.05) is 5.88 Å². The van der Waals surface area contributed by atoms with Crippen molar-refractivity contribution in [3.63, 3.8) is 0 Å². The van der Waals surface area contributed by atoms with Crippen molar-refractivity contribution in [2.45, 2.75) is 0 Å². The smallest absolute Gasteiger partial charge is 0.233 e. The van der Waals surface area contributed by atoms with E-state index in [1.165, 1.54) is 12.1 Å². The monoisotopic (exact) mass is 315 g/mol. The lowest BCUT2D eigenvalue weighted by atomic mass is 10.3. The number of rotatable bonds is 4. The lowest BCUT2D eigenvalue weighted by Gasteiger charge is -2.06. The second-order valence-electron chi connectivity index (χ2n) is 2.74. The number of hydrogen-bond acceptors (Lipinski definition) is 2. The number of anilines is 1. The summed E-state index contributed by atoms with van der Waals surface area (Å²) < 4.78 is 38.1. The average molecular weight is 317 g/mol. The standard InChI is InChI=1S/C8H8BrClFNO2S/c9-7-2-1-6(5-8(7)11)12-15(13,14)4-3-10/h1-2,5,12H,3-4H2. The molecule has 0 atom stereocenters. The molecule has 7 heteroatoms. The molecule has 15 heavy (non-hydrogen) atoms. The fourth-order valence-corrected chi connectivity index (χ4v) is 2.54. The molecule has 0 spiro atoms. The summed E-state index contributed by atoms with van der Waals surface area (Å²) in [4.78, 5) is 0. The van der Waals surface area contributed by atoms with Crippen molar-refractivity contribution in [2.24, 2.45) is 0 Å². The summed E-state index contributed by atoms with van der Waals surface area (Å²) in [5, 5.41) is 0. The fourth-order valence-electron chi connectivity index (χ4n) is 0.892. The van der Waals surface area contributed by atoms with Crippen LogP contribution >= 0.6 is 27.5 Å². The van der Waals surface area contributed by atoms with Crippen molar-refractivity contribution < 1.29 is 12.8 Å². The third-order valence-corrected chi connectivity index (χ3v) is 3.88. The Morgan fingerprint density at radius 2 is 2.13 bits per heavy atom. The third-order valence-electron chi connectivity index (χ3n) is 1.54. The Kier molecular flexibility index (Phi) is 4.36. The first kappa shape index (κ1) is 12.7. The zero-order chi connectivity index (χ0) is 11.5. The van der Waals surface area contributed by atoms with Crippen LogP contribution in [0.1, 0.15) is 0 Å². The van der Waals surface area contributed by atoms with Gasteiger partial charge < -0.3 is 0 Å². The van der Waals surface area contributed by atoms with Crippen molar-refractivity contribution in [1.29, 1.82) is 0 Å². The summed E-state index contributed by atoms with van der Waals surface area (Å²) >= 11 is 8.27. The number of sulfonamides is 1. The number of hydrogen-bond donors (Lipinski definition) is 1. The Morgan fingerprint density at radius 3 is 2.67 bits per heavy atom. The molecule has 1 rings (SSSR count). The number of nitrogens with one attached hydrogen (secondary N) is 1. The first-order chi connectivity index (χ1) is 6.94. The molecule has 0 radical (unpaired) electrons. The van der Waals surface area contributed by atoms with Crippen LogP contribution in [0.4, 0.5) is 10.1 Å². The molecule has 0 saturated carbocycles. The largest absolute Gasteiger partial charge is 0.283 e. The van der Waals surface area contributed by atoms with Gasteiger partial charge in [0.05, 0.1) is 15.9 Å². The minimum Gasteiger partial charge on any atom is -0.283 e. The molecule has 84 valence electrons. The van der Waals surface area contributed by atoms with Crippen molar-refractivity contribution in [3.8, 4) is 0 Å². The van der Waals surface area contributed by atoms with Crippen LogP contribution < -0.4 is 4.72 Å². The molecule has 0 aliphatic rings. The Hall–Kier alpha value is -0.330. The second kappa shape index (κ2) is 5.14. The summed E-state index contributed by atoms with van der Waals surface area (Å²) in [6.07, 6.45) is 0. The van der Waals surface area contributed by atoms with Crippen LogP contribution in [-0.4, -0.2) is 20.1 Å². The zero-order valence-corrected chi connectivity index (χ0v) is 10.7. The molecular formula is C8H8BrClFNO2S. The molecule has 0 aromatic heterocycles. The number of halogens is 3. The van der Waals surface area contributed by atoms with Gasteiger partial charge >= 0.3 is 0 Å². The summed E-state index contributed by atoms with van der Waals surface area (Å²) in [7, 11) is -3.48. The third kappa shape index (κ3) is 3.96.